The molecule has 0 saturated carbocycles. The fourth-order valence-electron chi connectivity index (χ4n) is 1.98. The number of hydrogen-bond donors (Lipinski definition) is 3. The molecule has 1 amide bonds. The molecule has 1 aromatic carbocycles. The molecule has 1 heterocycles. The fraction of sp³-hybridized carbons (Fsp3) is 0.294. The molecule has 0 aliphatic heterocycles. The van der Waals surface area contributed by atoms with Crippen molar-refractivity contribution in [2.75, 3.05) is 30.4 Å². The summed E-state index contributed by atoms with van der Waals surface area (Å²) in [7, 11) is 0. The molecule has 2 aromatic rings. The molecule has 0 atom stereocenters. The van der Waals surface area contributed by atoms with Gasteiger partial charge in [0.05, 0.1) is 18.5 Å². The van der Waals surface area contributed by atoms with Gasteiger partial charge in [0.1, 0.15) is 11.6 Å². The van der Waals surface area contributed by atoms with E-state index in [1.54, 1.807) is 18.3 Å². The van der Waals surface area contributed by atoms with E-state index in [9.17, 15) is 4.79 Å². The van der Waals surface area contributed by atoms with Crippen molar-refractivity contribution in [3.63, 3.8) is 0 Å². The summed E-state index contributed by atoms with van der Waals surface area (Å²) in [6.45, 7) is 4.37. The Labute approximate surface area is 135 Å². The summed E-state index contributed by atoms with van der Waals surface area (Å²) in [5.74, 6) is 1.11. The van der Waals surface area contributed by atoms with Crippen LogP contribution in [0.2, 0.25) is 0 Å². The molecule has 0 radical (unpaired) electrons. The van der Waals surface area contributed by atoms with E-state index in [0.717, 1.165) is 11.1 Å². The minimum Gasteiger partial charge on any atom is -0.483 e. The Morgan fingerprint density at radius 3 is 2.78 bits per heavy atom. The van der Waals surface area contributed by atoms with Crippen molar-refractivity contribution in [3.8, 4) is 5.75 Å². The number of aliphatic hydroxyl groups excluding tert-OH is 1. The largest absolute Gasteiger partial charge is 0.483 e. The summed E-state index contributed by atoms with van der Waals surface area (Å²) in [5.41, 5.74) is 2.74. The monoisotopic (exact) mass is 315 g/mol. The van der Waals surface area contributed by atoms with Gasteiger partial charge in [-0.1, -0.05) is 12.1 Å². The number of benzene rings is 1. The zero-order valence-electron chi connectivity index (χ0n) is 13.3. The predicted molar refractivity (Wildman–Crippen MR) is 89.9 cm³/mol. The van der Waals surface area contributed by atoms with E-state index in [4.69, 9.17) is 9.84 Å². The van der Waals surface area contributed by atoms with Gasteiger partial charge in [-0.25, -0.2) is 4.98 Å². The van der Waals surface area contributed by atoms with Gasteiger partial charge in [0.25, 0.3) is 5.91 Å². The molecule has 0 unspecified atom stereocenters. The van der Waals surface area contributed by atoms with Crippen LogP contribution >= 0.6 is 0 Å². The van der Waals surface area contributed by atoms with Crippen LogP contribution in [0.1, 0.15) is 11.1 Å². The maximum atomic E-state index is 11.9. The topological polar surface area (TPSA) is 83.5 Å². The van der Waals surface area contributed by atoms with Crippen molar-refractivity contribution < 1.29 is 14.6 Å². The van der Waals surface area contributed by atoms with Crippen LogP contribution in [0.25, 0.3) is 0 Å². The first-order valence-corrected chi connectivity index (χ1v) is 7.40. The molecule has 23 heavy (non-hydrogen) atoms. The van der Waals surface area contributed by atoms with Crippen molar-refractivity contribution in [2.45, 2.75) is 13.8 Å². The number of carbonyl (C=O) groups is 1. The van der Waals surface area contributed by atoms with Crippen LogP contribution in [0.15, 0.2) is 36.5 Å². The van der Waals surface area contributed by atoms with Crippen LogP contribution in [-0.2, 0) is 4.79 Å². The molecular formula is C17H21N3O3. The average Bonchev–Trinajstić information content (AvgIpc) is 2.55. The van der Waals surface area contributed by atoms with Crippen LogP contribution in [-0.4, -0.2) is 35.8 Å². The molecular weight excluding hydrogens is 294 g/mol. The molecule has 0 saturated heterocycles. The number of amides is 1. The van der Waals surface area contributed by atoms with E-state index in [0.29, 0.717) is 23.8 Å². The number of carbonyl (C=O) groups excluding carboxylic acids is 1. The standard InChI is InChI=1S/C17H21N3O3/c1-12-4-3-5-15(13(12)2)23-11-17(22)20-14-6-7-16(19-10-14)18-8-9-21/h3-7,10,21H,8-9,11H2,1-2H3,(H,18,19)(H,20,22). The lowest BCUT2D eigenvalue weighted by atomic mass is 10.1. The molecule has 0 fully saturated rings. The average molecular weight is 315 g/mol. The van der Waals surface area contributed by atoms with E-state index < -0.39 is 0 Å². The number of pyridine rings is 1. The van der Waals surface area contributed by atoms with Gasteiger partial charge in [-0.3, -0.25) is 4.79 Å². The quantitative estimate of drug-likeness (QED) is 0.729. The van der Waals surface area contributed by atoms with Crippen LogP contribution in [0.3, 0.4) is 0 Å². The Hall–Kier alpha value is -2.60. The Morgan fingerprint density at radius 1 is 1.26 bits per heavy atom. The Balaban J connectivity index is 1.86. The SMILES string of the molecule is Cc1cccc(OCC(=O)Nc2ccc(NCCO)nc2)c1C. The molecule has 3 N–H and O–H groups in total. The van der Waals surface area contributed by atoms with Gasteiger partial charge in [-0.05, 0) is 43.2 Å². The van der Waals surface area contributed by atoms with Crippen molar-refractivity contribution in [2.24, 2.45) is 0 Å². The highest BCUT2D eigenvalue weighted by Crippen LogP contribution is 2.20. The first-order valence-electron chi connectivity index (χ1n) is 7.40. The van der Waals surface area contributed by atoms with Gasteiger partial charge in [0.15, 0.2) is 6.61 Å². The highest BCUT2D eigenvalue weighted by atomic mass is 16.5. The summed E-state index contributed by atoms with van der Waals surface area (Å²) in [6, 6.07) is 9.22. The number of ether oxygens (including phenoxy) is 1. The van der Waals surface area contributed by atoms with E-state index in [1.165, 1.54) is 0 Å². The maximum absolute atomic E-state index is 11.9. The normalized spacial score (nSPS) is 10.2. The van der Waals surface area contributed by atoms with E-state index in [-0.39, 0.29) is 19.1 Å². The van der Waals surface area contributed by atoms with Gasteiger partial charge in [-0.15, -0.1) is 0 Å². The van der Waals surface area contributed by atoms with Crippen molar-refractivity contribution in [3.05, 3.63) is 47.7 Å². The van der Waals surface area contributed by atoms with Crippen molar-refractivity contribution >= 4 is 17.4 Å². The zero-order valence-corrected chi connectivity index (χ0v) is 13.3. The minimum absolute atomic E-state index is 0.0376. The highest BCUT2D eigenvalue weighted by Gasteiger charge is 2.07. The van der Waals surface area contributed by atoms with E-state index in [2.05, 4.69) is 15.6 Å². The van der Waals surface area contributed by atoms with Gasteiger partial charge in [-0.2, -0.15) is 0 Å². The smallest absolute Gasteiger partial charge is 0.262 e. The van der Waals surface area contributed by atoms with E-state index in [1.807, 2.05) is 32.0 Å². The van der Waals surface area contributed by atoms with Crippen LogP contribution in [0.5, 0.6) is 5.75 Å². The predicted octanol–water partition coefficient (Wildman–Crippen LogP) is 2.12. The number of nitrogens with zero attached hydrogens (tertiary/aromatic N) is 1. The van der Waals surface area contributed by atoms with Crippen LogP contribution in [0, 0.1) is 13.8 Å². The lowest BCUT2D eigenvalue weighted by Gasteiger charge is -2.11. The first-order chi connectivity index (χ1) is 11.1. The minimum atomic E-state index is -0.247. The molecule has 6 nitrogen and oxygen atoms in total. The summed E-state index contributed by atoms with van der Waals surface area (Å²) in [6.07, 6.45) is 1.55. The molecule has 6 heteroatoms. The molecule has 0 spiro atoms. The first kappa shape index (κ1) is 16.8. The van der Waals surface area contributed by atoms with Crippen LogP contribution in [0.4, 0.5) is 11.5 Å². The van der Waals surface area contributed by atoms with Crippen molar-refractivity contribution in [1.82, 2.24) is 4.98 Å². The second kappa shape index (κ2) is 8.14. The third-order valence-electron chi connectivity index (χ3n) is 3.38. The summed E-state index contributed by atoms with van der Waals surface area (Å²) in [4.78, 5) is 16.1. The van der Waals surface area contributed by atoms with Gasteiger partial charge < -0.3 is 20.5 Å². The zero-order chi connectivity index (χ0) is 16.7. The Morgan fingerprint density at radius 2 is 2.09 bits per heavy atom. The van der Waals surface area contributed by atoms with Gasteiger partial charge >= 0.3 is 0 Å². The van der Waals surface area contributed by atoms with E-state index >= 15 is 0 Å². The maximum Gasteiger partial charge on any atom is 0.262 e. The summed E-state index contributed by atoms with van der Waals surface area (Å²) < 4.78 is 5.56. The number of aromatic nitrogens is 1. The number of aryl methyl sites for hydroxylation is 1. The Kier molecular flexibility index (Phi) is 5.94. The molecule has 122 valence electrons. The molecule has 2 rings (SSSR count). The number of anilines is 2. The second-order valence-electron chi connectivity index (χ2n) is 5.12. The third kappa shape index (κ3) is 4.96. The molecule has 0 bridgehead atoms. The number of rotatable bonds is 7. The third-order valence-corrected chi connectivity index (χ3v) is 3.38. The fourth-order valence-corrected chi connectivity index (χ4v) is 1.98. The number of hydrogen-bond acceptors (Lipinski definition) is 5. The van der Waals surface area contributed by atoms with Crippen LogP contribution < -0.4 is 15.4 Å². The lowest BCUT2D eigenvalue weighted by Crippen LogP contribution is -2.20. The molecule has 0 aliphatic rings. The number of aliphatic hydroxyl groups is 1. The second-order valence-corrected chi connectivity index (χ2v) is 5.12. The number of nitrogens with one attached hydrogen (secondary N) is 2. The molecule has 0 aliphatic carbocycles. The molecule has 1 aromatic heterocycles. The van der Waals surface area contributed by atoms with Crippen molar-refractivity contribution in [1.29, 1.82) is 0 Å². The highest BCUT2D eigenvalue weighted by molar-refractivity contribution is 5.91. The van der Waals surface area contributed by atoms with Gasteiger partial charge in [0.2, 0.25) is 0 Å². The lowest BCUT2D eigenvalue weighted by molar-refractivity contribution is -0.118. The Bertz CT molecular complexity index is 657. The summed E-state index contributed by atoms with van der Waals surface area (Å²) >= 11 is 0. The van der Waals surface area contributed by atoms with Gasteiger partial charge in [0, 0.05) is 6.54 Å². The summed E-state index contributed by atoms with van der Waals surface area (Å²) in [5, 5.41) is 14.4.